The first-order valence-electron chi connectivity index (χ1n) is 8.97. The summed E-state index contributed by atoms with van der Waals surface area (Å²) < 4.78 is 6.88. The van der Waals surface area contributed by atoms with Gasteiger partial charge in [0.15, 0.2) is 6.10 Å². The monoisotopic (exact) mass is 460 g/mol. The van der Waals surface area contributed by atoms with Crippen molar-refractivity contribution in [2.75, 3.05) is 0 Å². The van der Waals surface area contributed by atoms with Crippen LogP contribution in [-0.2, 0) is 9.53 Å². The molecule has 0 aliphatic carbocycles. The largest absolute Gasteiger partial charge is 0.479 e. The van der Waals surface area contributed by atoms with Gasteiger partial charge in [-0.3, -0.25) is 0 Å². The molecule has 3 nitrogen and oxygen atoms in total. The molecule has 0 saturated heterocycles. The molecule has 3 rings (SSSR count). The van der Waals surface area contributed by atoms with Crippen LogP contribution in [0.5, 0.6) is 0 Å². The number of hydrogen-bond acceptors (Lipinski definition) is 2. The summed E-state index contributed by atoms with van der Waals surface area (Å²) in [6.45, 7) is 7.50. The van der Waals surface area contributed by atoms with E-state index >= 15 is 0 Å². The van der Waals surface area contributed by atoms with E-state index in [1.54, 1.807) is 0 Å². The van der Waals surface area contributed by atoms with Gasteiger partial charge in [-0.2, -0.15) is 0 Å². The fourth-order valence-electron chi connectivity index (χ4n) is 3.39. The summed E-state index contributed by atoms with van der Waals surface area (Å²) in [6.07, 6.45) is -1.11. The third-order valence-electron chi connectivity index (χ3n) is 4.53. The highest BCUT2D eigenvalue weighted by molar-refractivity contribution is 9.10. The Morgan fingerprint density at radius 2 is 1.64 bits per heavy atom. The number of carboxylic acid groups (broad SMARTS) is 1. The van der Waals surface area contributed by atoms with Crippen LogP contribution in [0.25, 0.3) is 21.9 Å². The van der Waals surface area contributed by atoms with Crippen LogP contribution in [0.1, 0.15) is 38.0 Å². The molecule has 5 heteroatoms. The molecule has 3 aromatic carbocycles. The standard InChI is InChI=1S/C23H22BrClO3/c1-13-18(21(22(26)27)28-23(2,3)4)19(14-9-11-15(25)12-10-14)16-7-5-6-8-17(16)20(13)24/h5-12,21H,1-4H3,(H,26,27)/t21-/m0/s1. The van der Waals surface area contributed by atoms with E-state index in [-0.39, 0.29) is 0 Å². The molecule has 0 aliphatic heterocycles. The van der Waals surface area contributed by atoms with Crippen LogP contribution in [0.15, 0.2) is 53.0 Å². The van der Waals surface area contributed by atoms with Crippen LogP contribution < -0.4 is 0 Å². The van der Waals surface area contributed by atoms with Gasteiger partial charge >= 0.3 is 5.97 Å². The van der Waals surface area contributed by atoms with Crippen molar-refractivity contribution in [1.29, 1.82) is 0 Å². The lowest BCUT2D eigenvalue weighted by Gasteiger charge is -2.29. The van der Waals surface area contributed by atoms with Crippen molar-refractivity contribution >= 4 is 44.3 Å². The highest BCUT2D eigenvalue weighted by Crippen LogP contribution is 2.44. The smallest absolute Gasteiger partial charge is 0.337 e. The van der Waals surface area contributed by atoms with Gasteiger partial charge in [0.2, 0.25) is 0 Å². The Balaban J connectivity index is 2.43. The molecule has 0 fully saturated rings. The van der Waals surface area contributed by atoms with Crippen molar-refractivity contribution in [1.82, 2.24) is 0 Å². The van der Waals surface area contributed by atoms with E-state index in [0.29, 0.717) is 10.6 Å². The average molecular weight is 462 g/mol. The minimum atomic E-state index is -1.11. The summed E-state index contributed by atoms with van der Waals surface area (Å²) in [5.74, 6) is -1.02. The van der Waals surface area contributed by atoms with Crippen molar-refractivity contribution in [2.45, 2.75) is 39.4 Å². The number of rotatable bonds is 4. The van der Waals surface area contributed by atoms with Gasteiger partial charge in [0.25, 0.3) is 0 Å². The second-order valence-corrected chi connectivity index (χ2v) is 8.96. The fourth-order valence-corrected chi connectivity index (χ4v) is 4.07. The maximum absolute atomic E-state index is 12.3. The number of fused-ring (bicyclic) bond motifs is 1. The average Bonchev–Trinajstić information content (AvgIpc) is 2.63. The third-order valence-corrected chi connectivity index (χ3v) is 5.80. The molecule has 0 bridgehead atoms. The van der Waals surface area contributed by atoms with E-state index in [2.05, 4.69) is 15.9 Å². The molecule has 1 N–H and O–H groups in total. The minimum Gasteiger partial charge on any atom is -0.479 e. The molecule has 0 aliphatic rings. The molecule has 0 radical (unpaired) electrons. The van der Waals surface area contributed by atoms with E-state index in [1.807, 2.05) is 76.2 Å². The molecule has 146 valence electrons. The van der Waals surface area contributed by atoms with E-state index in [0.717, 1.165) is 31.9 Å². The lowest BCUT2D eigenvalue weighted by molar-refractivity contribution is -0.160. The predicted octanol–water partition coefficient (Wildman–Crippen LogP) is 7.17. The van der Waals surface area contributed by atoms with Gasteiger partial charge in [-0.25, -0.2) is 4.79 Å². The van der Waals surface area contributed by atoms with Crippen molar-refractivity contribution in [2.24, 2.45) is 0 Å². The summed E-state index contributed by atoms with van der Waals surface area (Å²) in [5.41, 5.74) is 2.63. The molecule has 1 atom stereocenters. The van der Waals surface area contributed by atoms with Gasteiger partial charge in [-0.1, -0.05) is 48.0 Å². The maximum atomic E-state index is 12.3. The quantitative estimate of drug-likeness (QED) is 0.448. The fraction of sp³-hybridized carbons (Fsp3) is 0.261. The Bertz CT molecular complexity index is 1040. The SMILES string of the molecule is Cc1c([C@H](OC(C)(C)C)C(=O)O)c(-c2ccc(Cl)cc2)c2ccccc2c1Br. The lowest BCUT2D eigenvalue weighted by atomic mass is 9.87. The Morgan fingerprint density at radius 1 is 1.07 bits per heavy atom. The maximum Gasteiger partial charge on any atom is 0.337 e. The topological polar surface area (TPSA) is 46.5 Å². The van der Waals surface area contributed by atoms with Crippen molar-refractivity contribution in [3.63, 3.8) is 0 Å². The summed E-state index contributed by atoms with van der Waals surface area (Å²) >= 11 is 9.76. The Hall–Kier alpha value is -1.88. The van der Waals surface area contributed by atoms with Crippen LogP contribution in [0.3, 0.4) is 0 Å². The highest BCUT2D eigenvalue weighted by atomic mass is 79.9. The van der Waals surface area contributed by atoms with Gasteiger partial charge in [0.05, 0.1) is 5.60 Å². The summed E-state index contributed by atoms with van der Waals surface area (Å²) in [4.78, 5) is 12.3. The van der Waals surface area contributed by atoms with Crippen molar-refractivity contribution in [3.05, 3.63) is 69.2 Å². The van der Waals surface area contributed by atoms with Gasteiger partial charge in [0, 0.05) is 15.1 Å². The third kappa shape index (κ3) is 4.09. The number of carboxylic acids is 1. The van der Waals surface area contributed by atoms with Gasteiger partial charge < -0.3 is 9.84 Å². The molecule has 0 unspecified atom stereocenters. The van der Waals surface area contributed by atoms with E-state index < -0.39 is 17.7 Å². The molecular weight excluding hydrogens is 440 g/mol. The van der Waals surface area contributed by atoms with Crippen molar-refractivity contribution in [3.8, 4) is 11.1 Å². The molecule has 0 amide bonds. The Morgan fingerprint density at radius 3 is 2.18 bits per heavy atom. The zero-order chi connectivity index (χ0) is 20.6. The molecule has 28 heavy (non-hydrogen) atoms. The van der Waals surface area contributed by atoms with Crippen LogP contribution in [0, 0.1) is 6.92 Å². The number of ether oxygens (including phenoxy) is 1. The molecular formula is C23H22BrClO3. The van der Waals surface area contributed by atoms with Crippen LogP contribution in [-0.4, -0.2) is 16.7 Å². The van der Waals surface area contributed by atoms with Crippen LogP contribution in [0.2, 0.25) is 5.02 Å². The Labute approximate surface area is 178 Å². The van der Waals surface area contributed by atoms with Gasteiger partial charge in [-0.15, -0.1) is 0 Å². The lowest BCUT2D eigenvalue weighted by Crippen LogP contribution is -2.28. The summed E-state index contributed by atoms with van der Waals surface area (Å²) in [7, 11) is 0. The predicted molar refractivity (Wildman–Crippen MR) is 118 cm³/mol. The zero-order valence-electron chi connectivity index (χ0n) is 16.2. The molecule has 0 heterocycles. The van der Waals surface area contributed by atoms with Crippen LogP contribution in [0.4, 0.5) is 0 Å². The number of benzene rings is 3. The minimum absolute atomic E-state index is 0.620. The second kappa shape index (κ2) is 7.86. The van der Waals surface area contributed by atoms with E-state index in [4.69, 9.17) is 16.3 Å². The molecule has 0 spiro atoms. The van der Waals surface area contributed by atoms with Crippen molar-refractivity contribution < 1.29 is 14.6 Å². The molecule has 0 saturated carbocycles. The van der Waals surface area contributed by atoms with Gasteiger partial charge in [-0.05, 0) is 83.2 Å². The molecule has 3 aromatic rings. The normalized spacial score (nSPS) is 12.9. The number of aliphatic carboxylic acids is 1. The van der Waals surface area contributed by atoms with Gasteiger partial charge in [0.1, 0.15) is 0 Å². The molecule has 0 aromatic heterocycles. The summed E-state index contributed by atoms with van der Waals surface area (Å²) in [5, 5.41) is 12.6. The number of halogens is 2. The first kappa shape index (κ1) is 20.8. The first-order chi connectivity index (χ1) is 13.1. The number of hydrogen-bond donors (Lipinski definition) is 1. The number of carbonyl (C=O) groups is 1. The van der Waals surface area contributed by atoms with E-state index in [1.165, 1.54) is 0 Å². The zero-order valence-corrected chi connectivity index (χ0v) is 18.6. The van der Waals surface area contributed by atoms with Crippen LogP contribution >= 0.6 is 27.5 Å². The highest BCUT2D eigenvalue weighted by Gasteiger charge is 2.32. The first-order valence-corrected chi connectivity index (χ1v) is 10.1. The summed E-state index contributed by atoms with van der Waals surface area (Å²) in [6, 6.07) is 15.4. The van der Waals surface area contributed by atoms with E-state index in [9.17, 15) is 9.90 Å². The Kier molecular flexibility index (Phi) is 5.85. The second-order valence-electron chi connectivity index (χ2n) is 7.73.